The first-order valence-electron chi connectivity index (χ1n) is 4.77. The predicted molar refractivity (Wildman–Crippen MR) is 55.6 cm³/mol. The highest BCUT2D eigenvalue weighted by molar-refractivity contribution is 6.32. The molecular formula is C9H10BF3N2O. The monoisotopic (exact) mass is 230 g/mol. The number of amides is 1. The summed E-state index contributed by atoms with van der Waals surface area (Å²) in [6, 6.07) is 4.58. The minimum absolute atomic E-state index is 0.0757. The molecule has 1 aromatic rings. The van der Waals surface area contributed by atoms with Crippen molar-refractivity contribution < 1.29 is 18.0 Å². The molecule has 0 aliphatic heterocycles. The van der Waals surface area contributed by atoms with Crippen molar-refractivity contribution in [3.63, 3.8) is 0 Å². The molecule has 3 nitrogen and oxygen atoms in total. The molecule has 0 aromatic carbocycles. The number of alkyl halides is 3. The third-order valence-electron chi connectivity index (χ3n) is 1.81. The number of hydrogen-bond donors (Lipinski definition) is 1. The number of nitrogens with one attached hydrogen (secondary N) is 1. The van der Waals surface area contributed by atoms with Gasteiger partial charge in [0.25, 0.3) is 0 Å². The maximum Gasteiger partial charge on any atom is 0.471 e. The Labute approximate surface area is 91.3 Å². The second kappa shape index (κ2) is 5.00. The van der Waals surface area contributed by atoms with Gasteiger partial charge in [-0.1, -0.05) is 12.9 Å². The van der Waals surface area contributed by atoms with Crippen LogP contribution < -0.4 is 5.32 Å². The molecule has 0 aliphatic rings. The summed E-state index contributed by atoms with van der Waals surface area (Å²) in [6.45, 7) is 1.93. The third-order valence-corrected chi connectivity index (χ3v) is 1.81. The van der Waals surface area contributed by atoms with Crippen LogP contribution in [0.3, 0.4) is 0 Å². The number of halogens is 3. The first kappa shape index (κ1) is 12.5. The van der Waals surface area contributed by atoms with Crippen molar-refractivity contribution in [2.24, 2.45) is 0 Å². The number of rotatable bonds is 3. The Balaban J connectivity index is 2.74. The second-order valence-electron chi connectivity index (χ2n) is 3.22. The maximum absolute atomic E-state index is 11.9. The van der Waals surface area contributed by atoms with Gasteiger partial charge in [0, 0.05) is 5.69 Å². The normalized spacial score (nSPS) is 11.0. The van der Waals surface area contributed by atoms with E-state index in [9.17, 15) is 18.0 Å². The molecule has 0 saturated carbocycles. The molecule has 0 atom stereocenters. The molecule has 0 bridgehead atoms. The van der Waals surface area contributed by atoms with Gasteiger partial charge in [-0.2, -0.15) is 13.2 Å². The van der Waals surface area contributed by atoms with E-state index in [1.807, 2.05) is 6.82 Å². The van der Waals surface area contributed by atoms with Crippen LogP contribution in [0.4, 0.5) is 19.0 Å². The maximum atomic E-state index is 11.9. The van der Waals surface area contributed by atoms with Gasteiger partial charge in [0.1, 0.15) is 13.1 Å². The molecule has 0 fully saturated rings. The Morgan fingerprint density at radius 2 is 2.19 bits per heavy atom. The topological polar surface area (TPSA) is 42.0 Å². The number of pyridine rings is 1. The van der Waals surface area contributed by atoms with Crippen LogP contribution in [-0.4, -0.2) is 24.3 Å². The lowest BCUT2D eigenvalue weighted by atomic mass is 9.77. The minimum atomic E-state index is -4.89. The molecule has 1 amide bonds. The molecule has 1 N–H and O–H groups in total. The first-order chi connectivity index (χ1) is 7.43. The number of nitrogens with zero attached hydrogens (tertiary/aromatic N) is 1. The van der Waals surface area contributed by atoms with Crippen molar-refractivity contribution >= 4 is 19.0 Å². The molecule has 86 valence electrons. The lowest BCUT2D eigenvalue weighted by Crippen LogP contribution is -2.30. The van der Waals surface area contributed by atoms with Gasteiger partial charge in [0.15, 0.2) is 0 Å². The number of hydrogen-bond acceptors (Lipinski definition) is 2. The zero-order valence-electron chi connectivity index (χ0n) is 8.64. The highest BCUT2D eigenvalue weighted by atomic mass is 19.4. The average molecular weight is 230 g/mol. The molecule has 7 heteroatoms. The third kappa shape index (κ3) is 3.56. The van der Waals surface area contributed by atoms with E-state index in [0.29, 0.717) is 12.0 Å². The fourth-order valence-electron chi connectivity index (χ4n) is 1.13. The van der Waals surface area contributed by atoms with E-state index in [-0.39, 0.29) is 5.82 Å². The van der Waals surface area contributed by atoms with E-state index in [2.05, 4.69) is 4.98 Å². The van der Waals surface area contributed by atoms with E-state index in [4.69, 9.17) is 0 Å². The Kier molecular flexibility index (Phi) is 3.92. The fraction of sp³-hybridized carbons (Fsp3) is 0.333. The number of aromatic nitrogens is 1. The molecule has 0 spiro atoms. The summed E-state index contributed by atoms with van der Waals surface area (Å²) in [5, 5.41) is 1.71. The van der Waals surface area contributed by atoms with Crippen LogP contribution >= 0.6 is 0 Å². The summed E-state index contributed by atoms with van der Waals surface area (Å²) in [4.78, 5) is 14.5. The van der Waals surface area contributed by atoms with Crippen LogP contribution in [0.2, 0.25) is 6.82 Å². The lowest BCUT2D eigenvalue weighted by molar-refractivity contribution is -0.167. The van der Waals surface area contributed by atoms with Crippen molar-refractivity contribution in [3.8, 4) is 0 Å². The lowest BCUT2D eigenvalue weighted by Gasteiger charge is -2.07. The molecular weight excluding hydrogens is 220 g/mol. The van der Waals surface area contributed by atoms with Gasteiger partial charge in [0.2, 0.25) is 0 Å². The molecule has 1 aromatic heterocycles. The summed E-state index contributed by atoms with van der Waals surface area (Å²) < 4.78 is 35.8. The quantitative estimate of drug-likeness (QED) is 0.800. The highest BCUT2D eigenvalue weighted by Gasteiger charge is 2.38. The summed E-state index contributed by atoms with van der Waals surface area (Å²) >= 11 is 0. The summed E-state index contributed by atoms with van der Waals surface area (Å²) in [6.07, 6.45) is -4.22. The summed E-state index contributed by atoms with van der Waals surface area (Å²) in [5.41, 5.74) is 0.655. The predicted octanol–water partition coefficient (Wildman–Crippen LogP) is 1.57. The second-order valence-corrected chi connectivity index (χ2v) is 3.22. The molecule has 0 saturated heterocycles. The van der Waals surface area contributed by atoms with Gasteiger partial charge in [0.05, 0.1) is 0 Å². The van der Waals surface area contributed by atoms with Crippen molar-refractivity contribution in [2.75, 3.05) is 5.32 Å². The molecule has 0 aliphatic carbocycles. The SMILES string of the molecule is CBCc1cccc(NC(=O)C(F)(F)F)n1. The van der Waals surface area contributed by atoms with Crippen molar-refractivity contribution in [2.45, 2.75) is 19.3 Å². The van der Waals surface area contributed by atoms with Gasteiger partial charge in [-0.25, -0.2) is 4.98 Å². The van der Waals surface area contributed by atoms with E-state index in [1.165, 1.54) is 6.07 Å². The van der Waals surface area contributed by atoms with Crippen molar-refractivity contribution in [1.29, 1.82) is 0 Å². The van der Waals surface area contributed by atoms with Crippen LogP contribution in [0.15, 0.2) is 18.2 Å². The minimum Gasteiger partial charge on any atom is -0.303 e. The van der Waals surface area contributed by atoms with Crippen molar-refractivity contribution in [1.82, 2.24) is 4.98 Å². The van der Waals surface area contributed by atoms with Gasteiger partial charge < -0.3 is 5.32 Å². The van der Waals surface area contributed by atoms with Crippen LogP contribution in [0.5, 0.6) is 0 Å². The smallest absolute Gasteiger partial charge is 0.303 e. The van der Waals surface area contributed by atoms with Crippen molar-refractivity contribution in [3.05, 3.63) is 23.9 Å². The Morgan fingerprint density at radius 1 is 1.50 bits per heavy atom. The fourth-order valence-corrected chi connectivity index (χ4v) is 1.13. The van der Waals surface area contributed by atoms with Crippen LogP contribution in [0.1, 0.15) is 5.69 Å². The van der Waals surface area contributed by atoms with E-state index in [1.54, 1.807) is 17.4 Å². The van der Waals surface area contributed by atoms with E-state index in [0.717, 1.165) is 7.28 Å². The number of carbonyl (C=O) groups excluding carboxylic acids is 1. The van der Waals surface area contributed by atoms with Gasteiger partial charge in [-0.3, -0.25) is 4.79 Å². The Morgan fingerprint density at radius 3 is 2.75 bits per heavy atom. The summed E-state index contributed by atoms with van der Waals surface area (Å²) in [7, 11) is 0.837. The molecule has 0 unspecified atom stereocenters. The van der Waals surface area contributed by atoms with Crippen LogP contribution in [0.25, 0.3) is 0 Å². The van der Waals surface area contributed by atoms with E-state index < -0.39 is 12.1 Å². The standard InChI is InChI=1S/C9H10BF3N2O/c1-10-5-6-3-2-4-7(14-6)15-8(16)9(11,12)13/h2-4,10H,5H2,1H3,(H,14,15,16). The Hall–Kier alpha value is -1.53. The number of anilines is 1. The molecule has 1 heterocycles. The number of carbonyl (C=O) groups is 1. The first-order valence-corrected chi connectivity index (χ1v) is 4.77. The van der Waals surface area contributed by atoms with Gasteiger partial charge in [-0.15, -0.1) is 0 Å². The average Bonchev–Trinajstić information content (AvgIpc) is 2.17. The van der Waals surface area contributed by atoms with Gasteiger partial charge in [-0.05, 0) is 18.5 Å². The Bertz CT molecular complexity index is 381. The zero-order valence-corrected chi connectivity index (χ0v) is 8.64. The largest absolute Gasteiger partial charge is 0.471 e. The van der Waals surface area contributed by atoms with E-state index >= 15 is 0 Å². The van der Waals surface area contributed by atoms with Crippen LogP contribution in [0, 0.1) is 0 Å². The zero-order chi connectivity index (χ0) is 12.2. The van der Waals surface area contributed by atoms with Gasteiger partial charge >= 0.3 is 12.1 Å². The molecule has 1 rings (SSSR count). The molecule has 16 heavy (non-hydrogen) atoms. The molecule has 0 radical (unpaired) electrons. The highest BCUT2D eigenvalue weighted by Crippen LogP contribution is 2.17. The van der Waals surface area contributed by atoms with Crippen LogP contribution in [-0.2, 0) is 11.1 Å². The summed E-state index contributed by atoms with van der Waals surface area (Å²) in [5.74, 6) is -2.08.